The number of hydrogen-bond acceptors (Lipinski definition) is 4. The minimum absolute atomic E-state index is 0.0782. The Kier molecular flexibility index (Phi) is 4.77. The van der Waals surface area contributed by atoms with Crippen LogP contribution in [-0.2, 0) is 16.1 Å². The van der Waals surface area contributed by atoms with Crippen LogP contribution in [0.4, 0.5) is 0 Å². The van der Waals surface area contributed by atoms with Crippen molar-refractivity contribution < 1.29 is 19.4 Å². The second-order valence-corrected chi connectivity index (χ2v) is 5.95. The number of aliphatic carboxylic acids is 1. The van der Waals surface area contributed by atoms with Crippen molar-refractivity contribution in [3.8, 4) is 0 Å². The normalized spacial score (nSPS) is 22.8. The number of ether oxygens (including phenoxy) is 1. The van der Waals surface area contributed by atoms with Crippen molar-refractivity contribution in [2.45, 2.75) is 32.4 Å². The Morgan fingerprint density at radius 2 is 2.30 bits per heavy atom. The number of piperidine rings is 1. The summed E-state index contributed by atoms with van der Waals surface area (Å²) in [6.07, 6.45) is 1.37. The molecule has 1 saturated heterocycles. The maximum absolute atomic E-state index is 12.6. The van der Waals surface area contributed by atoms with Gasteiger partial charge in [0.15, 0.2) is 0 Å². The zero-order valence-electron chi connectivity index (χ0n) is 11.7. The number of thiophene rings is 1. The van der Waals surface area contributed by atoms with E-state index in [1.807, 2.05) is 18.4 Å². The third-order valence-electron chi connectivity index (χ3n) is 3.81. The standard InChI is InChI=1S/C14H19NO4S/c1-9-11(14(17)18)4-3-6-15(9)13(16)12-10(8-19-2)5-7-20-12/h5,7,9,11H,3-4,6,8H2,1-2H3,(H,17,18)/t9-,11-/m0/s1. The predicted molar refractivity (Wildman–Crippen MR) is 75.9 cm³/mol. The van der Waals surface area contributed by atoms with Crippen molar-refractivity contribution in [3.05, 3.63) is 21.9 Å². The molecule has 0 aromatic carbocycles. The molecular weight excluding hydrogens is 278 g/mol. The Hall–Kier alpha value is -1.40. The third-order valence-corrected chi connectivity index (χ3v) is 4.75. The number of carboxylic acid groups (broad SMARTS) is 1. The number of nitrogens with zero attached hydrogens (tertiary/aromatic N) is 1. The highest BCUT2D eigenvalue weighted by Gasteiger charge is 2.36. The van der Waals surface area contributed by atoms with Crippen LogP contribution < -0.4 is 0 Å². The number of rotatable bonds is 4. The minimum atomic E-state index is -0.821. The van der Waals surface area contributed by atoms with Gasteiger partial charge in [-0.25, -0.2) is 0 Å². The van der Waals surface area contributed by atoms with E-state index in [0.717, 1.165) is 12.0 Å². The summed E-state index contributed by atoms with van der Waals surface area (Å²) in [6.45, 7) is 2.84. The highest BCUT2D eigenvalue weighted by molar-refractivity contribution is 7.12. The van der Waals surface area contributed by atoms with Gasteiger partial charge in [0.2, 0.25) is 0 Å². The third kappa shape index (κ3) is 2.86. The summed E-state index contributed by atoms with van der Waals surface area (Å²) in [5, 5.41) is 11.1. The summed E-state index contributed by atoms with van der Waals surface area (Å²) in [4.78, 5) is 26.2. The number of methoxy groups -OCH3 is 1. The first-order valence-corrected chi connectivity index (χ1v) is 7.53. The second-order valence-electron chi connectivity index (χ2n) is 5.03. The number of carbonyl (C=O) groups is 2. The van der Waals surface area contributed by atoms with E-state index >= 15 is 0 Å². The SMILES string of the molecule is COCc1ccsc1C(=O)N1CCC[C@H](C(=O)O)[C@@H]1C. The summed E-state index contributed by atoms with van der Waals surface area (Å²) < 4.78 is 5.09. The number of likely N-dealkylation sites (tertiary alicyclic amines) is 1. The second kappa shape index (κ2) is 6.37. The highest BCUT2D eigenvalue weighted by atomic mass is 32.1. The van der Waals surface area contributed by atoms with Crippen molar-refractivity contribution in [3.63, 3.8) is 0 Å². The van der Waals surface area contributed by atoms with Gasteiger partial charge in [0, 0.05) is 25.3 Å². The van der Waals surface area contributed by atoms with Gasteiger partial charge < -0.3 is 14.7 Å². The zero-order valence-corrected chi connectivity index (χ0v) is 12.5. The first-order chi connectivity index (χ1) is 9.56. The van der Waals surface area contributed by atoms with Crippen LogP contribution in [0, 0.1) is 5.92 Å². The molecule has 2 rings (SSSR count). The van der Waals surface area contributed by atoms with Crippen molar-refractivity contribution in [2.24, 2.45) is 5.92 Å². The molecule has 1 aliphatic heterocycles. The molecule has 1 amide bonds. The Bertz CT molecular complexity index is 499. The molecule has 0 radical (unpaired) electrons. The van der Waals surface area contributed by atoms with Crippen LogP contribution in [0.5, 0.6) is 0 Å². The Balaban J connectivity index is 2.19. The average Bonchev–Trinajstić information content (AvgIpc) is 2.86. The van der Waals surface area contributed by atoms with Crippen LogP contribution in [0.25, 0.3) is 0 Å². The summed E-state index contributed by atoms with van der Waals surface area (Å²) in [6, 6.07) is 1.61. The summed E-state index contributed by atoms with van der Waals surface area (Å²) in [5.74, 6) is -1.37. The maximum Gasteiger partial charge on any atom is 0.308 e. The van der Waals surface area contributed by atoms with Gasteiger partial charge >= 0.3 is 5.97 Å². The molecule has 1 N–H and O–H groups in total. The minimum Gasteiger partial charge on any atom is -0.481 e. The molecule has 110 valence electrons. The van der Waals surface area contributed by atoms with E-state index in [2.05, 4.69) is 0 Å². The summed E-state index contributed by atoms with van der Waals surface area (Å²) >= 11 is 1.38. The van der Waals surface area contributed by atoms with E-state index < -0.39 is 11.9 Å². The molecule has 1 fully saturated rings. The van der Waals surface area contributed by atoms with Crippen molar-refractivity contribution in [1.82, 2.24) is 4.90 Å². The van der Waals surface area contributed by atoms with Gasteiger partial charge in [-0.3, -0.25) is 9.59 Å². The van der Waals surface area contributed by atoms with Crippen molar-refractivity contribution >= 4 is 23.2 Å². The lowest BCUT2D eigenvalue weighted by Crippen LogP contribution is -2.49. The molecule has 2 heterocycles. The lowest BCUT2D eigenvalue weighted by Gasteiger charge is -2.37. The topological polar surface area (TPSA) is 66.8 Å². The van der Waals surface area contributed by atoms with E-state index in [0.29, 0.717) is 24.4 Å². The number of hydrogen-bond donors (Lipinski definition) is 1. The molecule has 5 nitrogen and oxygen atoms in total. The Morgan fingerprint density at radius 3 is 2.95 bits per heavy atom. The fourth-order valence-electron chi connectivity index (χ4n) is 2.68. The first kappa shape index (κ1) is 15.0. The molecule has 1 aromatic heterocycles. The number of amides is 1. The van der Waals surface area contributed by atoms with Crippen molar-refractivity contribution in [2.75, 3.05) is 13.7 Å². The van der Waals surface area contributed by atoms with E-state index in [-0.39, 0.29) is 11.9 Å². The molecule has 2 atom stereocenters. The largest absolute Gasteiger partial charge is 0.481 e. The quantitative estimate of drug-likeness (QED) is 0.925. The number of carbonyl (C=O) groups excluding carboxylic acids is 1. The van der Waals surface area contributed by atoms with Crippen LogP contribution in [0.2, 0.25) is 0 Å². The Morgan fingerprint density at radius 1 is 1.55 bits per heavy atom. The first-order valence-electron chi connectivity index (χ1n) is 6.65. The molecule has 0 aliphatic carbocycles. The number of carboxylic acids is 1. The summed E-state index contributed by atoms with van der Waals surface area (Å²) in [5.41, 5.74) is 0.868. The monoisotopic (exact) mass is 297 g/mol. The molecule has 0 saturated carbocycles. The maximum atomic E-state index is 12.6. The van der Waals surface area contributed by atoms with Gasteiger partial charge in [-0.15, -0.1) is 11.3 Å². The molecule has 0 bridgehead atoms. The van der Waals surface area contributed by atoms with Gasteiger partial charge in [-0.1, -0.05) is 0 Å². The summed E-state index contributed by atoms with van der Waals surface area (Å²) in [7, 11) is 1.59. The van der Waals surface area contributed by atoms with Crippen molar-refractivity contribution in [1.29, 1.82) is 0 Å². The van der Waals surface area contributed by atoms with E-state index in [9.17, 15) is 14.7 Å². The zero-order chi connectivity index (χ0) is 14.7. The fourth-order valence-corrected chi connectivity index (χ4v) is 3.55. The lowest BCUT2D eigenvalue weighted by molar-refractivity contribution is -0.144. The predicted octanol–water partition coefficient (Wildman–Crippen LogP) is 2.22. The van der Waals surface area contributed by atoms with E-state index in [4.69, 9.17) is 4.74 Å². The van der Waals surface area contributed by atoms with Crippen LogP contribution in [0.1, 0.15) is 35.0 Å². The molecule has 6 heteroatoms. The van der Waals surface area contributed by atoms with Crippen LogP contribution in [-0.4, -0.2) is 41.6 Å². The van der Waals surface area contributed by atoms with Gasteiger partial charge in [-0.2, -0.15) is 0 Å². The van der Waals surface area contributed by atoms with Crippen LogP contribution in [0.3, 0.4) is 0 Å². The Labute approximate surface area is 122 Å². The molecule has 20 heavy (non-hydrogen) atoms. The smallest absolute Gasteiger partial charge is 0.308 e. The van der Waals surface area contributed by atoms with Crippen LogP contribution >= 0.6 is 11.3 Å². The van der Waals surface area contributed by atoms with Gasteiger partial charge in [0.05, 0.1) is 17.4 Å². The average molecular weight is 297 g/mol. The molecule has 0 spiro atoms. The molecule has 1 aliphatic rings. The molecule has 1 aromatic rings. The molecular formula is C14H19NO4S. The lowest BCUT2D eigenvalue weighted by atomic mass is 9.90. The highest BCUT2D eigenvalue weighted by Crippen LogP contribution is 2.28. The molecule has 0 unspecified atom stereocenters. The van der Waals surface area contributed by atoms with E-state index in [1.165, 1.54) is 11.3 Å². The van der Waals surface area contributed by atoms with Gasteiger partial charge in [0.25, 0.3) is 5.91 Å². The van der Waals surface area contributed by atoms with Gasteiger partial charge in [-0.05, 0) is 31.2 Å². The van der Waals surface area contributed by atoms with Crippen LogP contribution in [0.15, 0.2) is 11.4 Å². The van der Waals surface area contributed by atoms with Gasteiger partial charge in [0.1, 0.15) is 0 Å². The fraction of sp³-hybridized carbons (Fsp3) is 0.571. The van der Waals surface area contributed by atoms with E-state index in [1.54, 1.807) is 12.0 Å².